The molecule has 1 aromatic rings. The summed E-state index contributed by atoms with van der Waals surface area (Å²) >= 11 is 0. The maximum atomic E-state index is 12.4. The SMILES string of the molecule is FC(F)(F)c1cnnc(CC2CCCCN2)n1. The monoisotopic (exact) mass is 246 g/mol. The summed E-state index contributed by atoms with van der Waals surface area (Å²) in [6.45, 7) is 0.900. The molecule has 0 bridgehead atoms. The van der Waals surface area contributed by atoms with E-state index in [1.54, 1.807) is 0 Å². The minimum atomic E-state index is -4.45. The summed E-state index contributed by atoms with van der Waals surface area (Å²) < 4.78 is 37.2. The Morgan fingerprint density at radius 1 is 1.35 bits per heavy atom. The third kappa shape index (κ3) is 3.36. The van der Waals surface area contributed by atoms with E-state index in [0.717, 1.165) is 25.8 Å². The van der Waals surface area contributed by atoms with E-state index in [1.165, 1.54) is 0 Å². The van der Waals surface area contributed by atoms with Crippen LogP contribution in [0.2, 0.25) is 0 Å². The highest BCUT2D eigenvalue weighted by Crippen LogP contribution is 2.26. The summed E-state index contributed by atoms with van der Waals surface area (Å²) in [4.78, 5) is 3.50. The topological polar surface area (TPSA) is 50.7 Å². The van der Waals surface area contributed by atoms with Crippen LogP contribution in [-0.2, 0) is 12.6 Å². The number of halogens is 3. The summed E-state index contributed by atoms with van der Waals surface area (Å²) in [6, 6.07) is 0.161. The standard InChI is InChI=1S/C10H13F3N4/c11-10(12,13)8-6-15-17-9(16-8)5-7-3-1-2-4-14-7/h6-7,14H,1-5H2. The molecular weight excluding hydrogens is 233 g/mol. The Balaban J connectivity index is 2.05. The smallest absolute Gasteiger partial charge is 0.314 e. The predicted molar refractivity (Wildman–Crippen MR) is 54.2 cm³/mol. The molecule has 0 saturated carbocycles. The lowest BCUT2D eigenvalue weighted by Gasteiger charge is -2.22. The summed E-state index contributed by atoms with van der Waals surface area (Å²) in [5, 5.41) is 10.2. The van der Waals surface area contributed by atoms with Crippen molar-refractivity contribution in [2.24, 2.45) is 0 Å². The molecule has 2 rings (SSSR count). The number of aromatic nitrogens is 3. The van der Waals surface area contributed by atoms with Gasteiger partial charge in [-0.3, -0.25) is 0 Å². The first-order chi connectivity index (χ1) is 8.05. The second-order valence-corrected chi connectivity index (χ2v) is 4.11. The summed E-state index contributed by atoms with van der Waals surface area (Å²) in [7, 11) is 0. The Morgan fingerprint density at radius 3 is 2.82 bits per heavy atom. The number of rotatable bonds is 2. The maximum absolute atomic E-state index is 12.4. The highest BCUT2D eigenvalue weighted by Gasteiger charge is 2.33. The number of piperidine rings is 1. The van der Waals surface area contributed by atoms with E-state index in [-0.39, 0.29) is 11.9 Å². The van der Waals surface area contributed by atoms with Crippen LogP contribution in [0.3, 0.4) is 0 Å². The van der Waals surface area contributed by atoms with E-state index in [2.05, 4.69) is 20.5 Å². The first-order valence-electron chi connectivity index (χ1n) is 5.55. The zero-order valence-electron chi connectivity index (χ0n) is 9.17. The lowest BCUT2D eigenvalue weighted by atomic mass is 10.0. The van der Waals surface area contributed by atoms with Gasteiger partial charge in [-0.25, -0.2) is 4.98 Å². The maximum Gasteiger partial charge on any atom is 0.435 e. The van der Waals surface area contributed by atoms with Gasteiger partial charge >= 0.3 is 6.18 Å². The van der Waals surface area contributed by atoms with Crippen molar-refractivity contribution in [3.05, 3.63) is 17.7 Å². The van der Waals surface area contributed by atoms with Crippen molar-refractivity contribution in [2.75, 3.05) is 6.54 Å². The summed E-state index contributed by atoms with van der Waals surface area (Å²) in [5.41, 5.74) is -0.974. The number of hydrogen-bond acceptors (Lipinski definition) is 4. The Morgan fingerprint density at radius 2 is 2.18 bits per heavy atom. The number of nitrogens with one attached hydrogen (secondary N) is 1. The molecule has 7 heteroatoms. The minimum absolute atomic E-state index is 0.152. The molecule has 2 heterocycles. The van der Waals surface area contributed by atoms with E-state index >= 15 is 0 Å². The van der Waals surface area contributed by atoms with Crippen LogP contribution in [0.4, 0.5) is 13.2 Å². The number of hydrogen-bond donors (Lipinski definition) is 1. The van der Waals surface area contributed by atoms with Crippen molar-refractivity contribution in [2.45, 2.75) is 37.9 Å². The highest BCUT2D eigenvalue weighted by molar-refractivity contribution is 5.02. The first-order valence-corrected chi connectivity index (χ1v) is 5.55. The van der Waals surface area contributed by atoms with E-state index in [1.807, 2.05) is 0 Å². The van der Waals surface area contributed by atoms with Gasteiger partial charge in [-0.15, -0.1) is 5.10 Å². The fraction of sp³-hybridized carbons (Fsp3) is 0.700. The van der Waals surface area contributed by atoms with E-state index in [4.69, 9.17) is 0 Å². The quantitative estimate of drug-likeness (QED) is 0.860. The molecular formula is C10H13F3N4. The van der Waals surface area contributed by atoms with Crippen LogP contribution in [0.15, 0.2) is 6.20 Å². The fourth-order valence-electron chi connectivity index (χ4n) is 1.88. The minimum Gasteiger partial charge on any atom is -0.314 e. The van der Waals surface area contributed by atoms with Crippen LogP contribution in [0, 0.1) is 0 Å². The molecule has 1 aliphatic heterocycles. The van der Waals surface area contributed by atoms with Gasteiger partial charge in [0, 0.05) is 12.5 Å². The predicted octanol–water partition coefficient (Wildman–Crippen LogP) is 1.57. The van der Waals surface area contributed by atoms with Gasteiger partial charge in [0.05, 0.1) is 6.20 Å². The summed E-state index contributed by atoms with van der Waals surface area (Å²) in [5.74, 6) is 0.152. The number of alkyl halides is 3. The lowest BCUT2D eigenvalue weighted by Crippen LogP contribution is -2.36. The van der Waals surface area contributed by atoms with E-state index in [9.17, 15) is 13.2 Å². The molecule has 1 aliphatic rings. The normalized spacial score (nSPS) is 21.5. The van der Waals surface area contributed by atoms with Crippen LogP contribution in [0.5, 0.6) is 0 Å². The zero-order chi connectivity index (χ0) is 12.3. The Kier molecular flexibility index (Phi) is 3.56. The Bertz CT molecular complexity index is 374. The molecule has 0 amide bonds. The second-order valence-electron chi connectivity index (χ2n) is 4.11. The van der Waals surface area contributed by atoms with Crippen molar-refractivity contribution in [3.63, 3.8) is 0 Å². The third-order valence-electron chi connectivity index (χ3n) is 2.73. The molecule has 1 fully saturated rings. The molecule has 17 heavy (non-hydrogen) atoms. The molecule has 0 spiro atoms. The molecule has 0 radical (unpaired) electrons. The number of nitrogens with zero attached hydrogens (tertiary/aromatic N) is 3. The Hall–Kier alpha value is -1.24. The van der Waals surface area contributed by atoms with Gasteiger partial charge in [0.15, 0.2) is 11.5 Å². The van der Waals surface area contributed by atoms with Crippen LogP contribution < -0.4 is 5.32 Å². The van der Waals surface area contributed by atoms with Crippen molar-refractivity contribution in [1.82, 2.24) is 20.5 Å². The lowest BCUT2D eigenvalue weighted by molar-refractivity contribution is -0.141. The fourth-order valence-corrected chi connectivity index (χ4v) is 1.88. The molecule has 4 nitrogen and oxygen atoms in total. The van der Waals surface area contributed by atoms with Crippen molar-refractivity contribution < 1.29 is 13.2 Å². The van der Waals surface area contributed by atoms with Crippen LogP contribution >= 0.6 is 0 Å². The molecule has 1 saturated heterocycles. The average molecular weight is 246 g/mol. The molecule has 0 aromatic carbocycles. The van der Waals surface area contributed by atoms with Crippen LogP contribution in [-0.4, -0.2) is 27.8 Å². The van der Waals surface area contributed by atoms with E-state index < -0.39 is 11.9 Å². The van der Waals surface area contributed by atoms with Gasteiger partial charge in [0.1, 0.15) is 0 Å². The molecule has 1 aromatic heterocycles. The summed E-state index contributed by atoms with van der Waals surface area (Å²) in [6.07, 6.45) is -0.263. The molecule has 1 N–H and O–H groups in total. The van der Waals surface area contributed by atoms with E-state index in [0.29, 0.717) is 12.6 Å². The van der Waals surface area contributed by atoms with Gasteiger partial charge in [0.25, 0.3) is 0 Å². The van der Waals surface area contributed by atoms with Gasteiger partial charge < -0.3 is 5.32 Å². The van der Waals surface area contributed by atoms with Gasteiger partial charge in [-0.2, -0.15) is 18.3 Å². The third-order valence-corrected chi connectivity index (χ3v) is 2.73. The van der Waals surface area contributed by atoms with Gasteiger partial charge in [0.2, 0.25) is 0 Å². The molecule has 1 atom stereocenters. The van der Waals surface area contributed by atoms with Crippen LogP contribution in [0.1, 0.15) is 30.8 Å². The van der Waals surface area contributed by atoms with Gasteiger partial charge in [-0.1, -0.05) is 6.42 Å². The highest BCUT2D eigenvalue weighted by atomic mass is 19.4. The van der Waals surface area contributed by atoms with Crippen LogP contribution in [0.25, 0.3) is 0 Å². The molecule has 0 aliphatic carbocycles. The zero-order valence-corrected chi connectivity index (χ0v) is 9.17. The largest absolute Gasteiger partial charge is 0.435 e. The van der Waals surface area contributed by atoms with Gasteiger partial charge in [-0.05, 0) is 19.4 Å². The van der Waals surface area contributed by atoms with Crippen molar-refractivity contribution in [1.29, 1.82) is 0 Å². The molecule has 94 valence electrons. The van der Waals surface area contributed by atoms with Crippen molar-refractivity contribution >= 4 is 0 Å². The Labute approximate surface area is 96.7 Å². The first kappa shape index (κ1) is 12.2. The molecule has 1 unspecified atom stereocenters. The second kappa shape index (κ2) is 4.95. The average Bonchev–Trinajstić information content (AvgIpc) is 2.29. The van der Waals surface area contributed by atoms with Crippen molar-refractivity contribution in [3.8, 4) is 0 Å².